The smallest absolute Gasteiger partial charge is 0.106 e. The Balaban J connectivity index is 1.97. The molecule has 2 rings (SSSR count). The first kappa shape index (κ1) is 11.8. The van der Waals surface area contributed by atoms with Crippen LogP contribution < -0.4 is 0 Å². The molecular formula is C15H16O2. The molecule has 1 atom stereocenters. The van der Waals surface area contributed by atoms with Gasteiger partial charge in [0.05, 0.1) is 13.2 Å². The van der Waals surface area contributed by atoms with E-state index in [0.717, 1.165) is 11.1 Å². The van der Waals surface area contributed by atoms with Crippen molar-refractivity contribution in [2.45, 2.75) is 12.7 Å². The van der Waals surface area contributed by atoms with Gasteiger partial charge < -0.3 is 9.84 Å². The summed E-state index contributed by atoms with van der Waals surface area (Å²) in [6.07, 6.45) is -0.253. The zero-order chi connectivity index (χ0) is 11.9. The van der Waals surface area contributed by atoms with Crippen LogP contribution in [0, 0.1) is 0 Å². The fourth-order valence-electron chi connectivity index (χ4n) is 1.69. The first-order valence-corrected chi connectivity index (χ1v) is 5.71. The Hall–Kier alpha value is -1.64. The van der Waals surface area contributed by atoms with Gasteiger partial charge in [-0.05, 0) is 11.1 Å². The Morgan fingerprint density at radius 2 is 1.47 bits per heavy atom. The number of rotatable bonds is 5. The zero-order valence-corrected chi connectivity index (χ0v) is 9.62. The highest BCUT2D eigenvalue weighted by Gasteiger charge is 2.09. The van der Waals surface area contributed by atoms with E-state index in [2.05, 4.69) is 0 Å². The molecule has 0 unspecified atom stereocenters. The van der Waals surface area contributed by atoms with E-state index in [-0.39, 0.29) is 12.7 Å². The van der Waals surface area contributed by atoms with Gasteiger partial charge in [0.25, 0.3) is 0 Å². The van der Waals surface area contributed by atoms with Gasteiger partial charge in [0.1, 0.15) is 6.10 Å². The third-order valence-corrected chi connectivity index (χ3v) is 2.63. The molecule has 0 fully saturated rings. The van der Waals surface area contributed by atoms with Gasteiger partial charge in [0.15, 0.2) is 0 Å². The SMILES string of the molecule is OC[C@H](OCc1ccccc1)c1ccccc1. The van der Waals surface area contributed by atoms with Crippen LogP contribution in [-0.4, -0.2) is 11.7 Å². The van der Waals surface area contributed by atoms with E-state index < -0.39 is 0 Å². The minimum absolute atomic E-state index is 0.00313. The minimum atomic E-state index is -0.253. The molecule has 0 aliphatic heterocycles. The van der Waals surface area contributed by atoms with Crippen LogP contribution in [-0.2, 0) is 11.3 Å². The van der Waals surface area contributed by atoms with Crippen LogP contribution in [0.25, 0.3) is 0 Å². The Morgan fingerprint density at radius 3 is 2.06 bits per heavy atom. The maximum Gasteiger partial charge on any atom is 0.106 e. The molecule has 17 heavy (non-hydrogen) atoms. The second-order valence-corrected chi connectivity index (χ2v) is 3.88. The minimum Gasteiger partial charge on any atom is -0.393 e. The standard InChI is InChI=1S/C15H16O2/c16-11-15(14-9-5-2-6-10-14)17-12-13-7-3-1-4-8-13/h1-10,15-16H,11-12H2/t15-/m0/s1. The summed E-state index contributed by atoms with van der Waals surface area (Å²) < 4.78 is 5.71. The zero-order valence-electron chi connectivity index (χ0n) is 9.62. The number of hydrogen-bond donors (Lipinski definition) is 1. The molecule has 0 aromatic heterocycles. The van der Waals surface area contributed by atoms with E-state index in [1.807, 2.05) is 60.7 Å². The van der Waals surface area contributed by atoms with Gasteiger partial charge in [-0.15, -0.1) is 0 Å². The van der Waals surface area contributed by atoms with Gasteiger partial charge in [-0.2, -0.15) is 0 Å². The molecule has 2 aromatic rings. The molecule has 0 aliphatic rings. The molecule has 2 aromatic carbocycles. The van der Waals surface area contributed by atoms with Crippen molar-refractivity contribution < 1.29 is 9.84 Å². The molecule has 0 saturated carbocycles. The van der Waals surface area contributed by atoms with E-state index in [1.165, 1.54) is 0 Å². The summed E-state index contributed by atoms with van der Waals surface area (Å²) >= 11 is 0. The van der Waals surface area contributed by atoms with Crippen LogP contribution in [0.5, 0.6) is 0 Å². The molecular weight excluding hydrogens is 212 g/mol. The first-order valence-electron chi connectivity index (χ1n) is 5.71. The molecule has 0 radical (unpaired) electrons. The van der Waals surface area contributed by atoms with Gasteiger partial charge in [0.2, 0.25) is 0 Å². The van der Waals surface area contributed by atoms with Crippen LogP contribution in [0.2, 0.25) is 0 Å². The Kier molecular flexibility index (Phi) is 4.30. The summed E-state index contributed by atoms with van der Waals surface area (Å²) in [6, 6.07) is 19.7. The van der Waals surface area contributed by atoms with Crippen LogP contribution in [0.4, 0.5) is 0 Å². The molecule has 0 saturated heterocycles. The van der Waals surface area contributed by atoms with Gasteiger partial charge in [-0.3, -0.25) is 0 Å². The first-order chi connectivity index (χ1) is 8.40. The van der Waals surface area contributed by atoms with Gasteiger partial charge in [-0.1, -0.05) is 60.7 Å². The third-order valence-electron chi connectivity index (χ3n) is 2.63. The molecule has 0 heterocycles. The van der Waals surface area contributed by atoms with Crippen LogP contribution in [0.3, 0.4) is 0 Å². The Labute approximate surface area is 101 Å². The average Bonchev–Trinajstić information content (AvgIpc) is 2.42. The maximum absolute atomic E-state index is 9.33. The van der Waals surface area contributed by atoms with Gasteiger partial charge in [-0.25, -0.2) is 0 Å². The Bertz CT molecular complexity index is 425. The summed E-state index contributed by atoms with van der Waals surface area (Å²) in [5, 5.41) is 9.33. The second-order valence-electron chi connectivity index (χ2n) is 3.88. The predicted octanol–water partition coefficient (Wildman–Crippen LogP) is 2.94. The van der Waals surface area contributed by atoms with Crippen molar-refractivity contribution in [2.75, 3.05) is 6.61 Å². The van der Waals surface area contributed by atoms with Crippen LogP contribution in [0.15, 0.2) is 60.7 Å². The molecule has 0 spiro atoms. The van der Waals surface area contributed by atoms with Crippen LogP contribution in [0.1, 0.15) is 17.2 Å². The van der Waals surface area contributed by atoms with Gasteiger partial charge >= 0.3 is 0 Å². The lowest BCUT2D eigenvalue weighted by atomic mass is 10.1. The summed E-state index contributed by atoms with van der Waals surface area (Å²) in [6.45, 7) is 0.512. The average molecular weight is 228 g/mol. The maximum atomic E-state index is 9.33. The summed E-state index contributed by atoms with van der Waals surface area (Å²) in [4.78, 5) is 0. The lowest BCUT2D eigenvalue weighted by molar-refractivity contribution is 0.00111. The lowest BCUT2D eigenvalue weighted by Crippen LogP contribution is -2.08. The summed E-state index contributed by atoms with van der Waals surface area (Å²) in [7, 11) is 0. The van der Waals surface area contributed by atoms with Crippen molar-refractivity contribution >= 4 is 0 Å². The molecule has 0 bridgehead atoms. The van der Waals surface area contributed by atoms with Crippen molar-refractivity contribution in [3.05, 3.63) is 71.8 Å². The fraction of sp³-hybridized carbons (Fsp3) is 0.200. The van der Waals surface area contributed by atoms with E-state index in [0.29, 0.717) is 6.61 Å². The fourth-order valence-corrected chi connectivity index (χ4v) is 1.69. The Morgan fingerprint density at radius 1 is 0.882 bits per heavy atom. The quantitative estimate of drug-likeness (QED) is 0.852. The molecule has 2 nitrogen and oxygen atoms in total. The number of aliphatic hydroxyl groups excluding tert-OH is 1. The van der Waals surface area contributed by atoms with Crippen molar-refractivity contribution in [1.82, 2.24) is 0 Å². The normalized spacial score (nSPS) is 12.3. The molecule has 1 N–H and O–H groups in total. The van der Waals surface area contributed by atoms with Crippen molar-refractivity contribution in [1.29, 1.82) is 0 Å². The molecule has 0 aliphatic carbocycles. The highest BCUT2D eigenvalue weighted by Crippen LogP contribution is 2.18. The van der Waals surface area contributed by atoms with E-state index in [1.54, 1.807) is 0 Å². The second kappa shape index (κ2) is 6.18. The summed E-state index contributed by atoms with van der Waals surface area (Å²) in [5.74, 6) is 0. The van der Waals surface area contributed by atoms with Crippen molar-refractivity contribution in [2.24, 2.45) is 0 Å². The highest BCUT2D eigenvalue weighted by molar-refractivity contribution is 5.18. The number of benzene rings is 2. The van der Waals surface area contributed by atoms with E-state index in [9.17, 15) is 5.11 Å². The number of hydrogen-bond acceptors (Lipinski definition) is 2. The number of ether oxygens (including phenoxy) is 1. The molecule has 88 valence electrons. The molecule has 0 amide bonds. The van der Waals surface area contributed by atoms with Gasteiger partial charge in [0, 0.05) is 0 Å². The van der Waals surface area contributed by atoms with E-state index in [4.69, 9.17) is 4.74 Å². The monoisotopic (exact) mass is 228 g/mol. The van der Waals surface area contributed by atoms with Crippen LogP contribution >= 0.6 is 0 Å². The highest BCUT2D eigenvalue weighted by atomic mass is 16.5. The third kappa shape index (κ3) is 3.41. The van der Waals surface area contributed by atoms with Crippen molar-refractivity contribution in [3.8, 4) is 0 Å². The summed E-state index contributed by atoms with van der Waals surface area (Å²) in [5.41, 5.74) is 2.12. The number of aliphatic hydroxyl groups is 1. The van der Waals surface area contributed by atoms with Crippen molar-refractivity contribution in [3.63, 3.8) is 0 Å². The topological polar surface area (TPSA) is 29.5 Å². The van der Waals surface area contributed by atoms with E-state index >= 15 is 0 Å². The molecule has 2 heteroatoms. The lowest BCUT2D eigenvalue weighted by Gasteiger charge is -2.15. The predicted molar refractivity (Wildman–Crippen MR) is 67.5 cm³/mol. The largest absolute Gasteiger partial charge is 0.393 e.